The Labute approximate surface area is 162 Å². The van der Waals surface area contributed by atoms with Crippen LogP contribution in [0.25, 0.3) is 0 Å². The molecule has 136 valence electrons. The zero-order chi connectivity index (χ0) is 18.9. The maximum atomic E-state index is 13.0. The highest BCUT2D eigenvalue weighted by Crippen LogP contribution is 2.49. The van der Waals surface area contributed by atoms with Crippen molar-refractivity contribution in [3.05, 3.63) is 63.6 Å². The number of halogens is 1. The molecule has 0 aliphatic heterocycles. The van der Waals surface area contributed by atoms with Gasteiger partial charge in [-0.2, -0.15) is 0 Å². The molecule has 2 amide bonds. The molecule has 0 spiro atoms. The van der Waals surface area contributed by atoms with E-state index < -0.39 is 5.41 Å². The van der Waals surface area contributed by atoms with Gasteiger partial charge in [0, 0.05) is 17.2 Å². The summed E-state index contributed by atoms with van der Waals surface area (Å²) < 4.78 is 0.962. The molecule has 0 bridgehead atoms. The zero-order valence-electron chi connectivity index (χ0n) is 15.3. The van der Waals surface area contributed by atoms with Crippen molar-refractivity contribution in [2.75, 3.05) is 18.9 Å². The second-order valence-corrected chi connectivity index (χ2v) is 7.96. The van der Waals surface area contributed by atoms with Crippen molar-refractivity contribution in [2.24, 2.45) is 0 Å². The summed E-state index contributed by atoms with van der Waals surface area (Å²) in [5.74, 6) is -0.175. The number of benzene rings is 2. The first-order chi connectivity index (χ1) is 12.3. The number of carbonyl (C=O) groups is 2. The summed E-state index contributed by atoms with van der Waals surface area (Å²) in [5, 5.41) is 2.92. The van der Waals surface area contributed by atoms with Crippen LogP contribution in [-0.2, 0) is 15.0 Å². The van der Waals surface area contributed by atoms with E-state index in [1.165, 1.54) is 4.90 Å². The van der Waals surface area contributed by atoms with Crippen LogP contribution in [0.2, 0.25) is 0 Å². The molecule has 0 radical (unpaired) electrons. The molecule has 26 heavy (non-hydrogen) atoms. The van der Waals surface area contributed by atoms with E-state index in [2.05, 4.69) is 21.2 Å². The van der Waals surface area contributed by atoms with Crippen LogP contribution in [-0.4, -0.2) is 30.3 Å². The van der Waals surface area contributed by atoms with E-state index in [0.29, 0.717) is 0 Å². The second kappa shape index (κ2) is 7.23. The van der Waals surface area contributed by atoms with Crippen LogP contribution in [0.1, 0.15) is 29.5 Å². The van der Waals surface area contributed by atoms with Gasteiger partial charge < -0.3 is 10.2 Å². The number of anilines is 1. The first-order valence-corrected chi connectivity index (χ1v) is 9.50. The maximum Gasteiger partial charge on any atom is 0.243 e. The van der Waals surface area contributed by atoms with Crippen molar-refractivity contribution in [3.63, 3.8) is 0 Å². The number of rotatable bonds is 5. The largest absolute Gasteiger partial charge is 0.336 e. The minimum Gasteiger partial charge on any atom is -0.336 e. The summed E-state index contributed by atoms with van der Waals surface area (Å²) in [4.78, 5) is 26.9. The Bertz CT molecular complexity index is 859. The van der Waals surface area contributed by atoms with Crippen molar-refractivity contribution in [2.45, 2.75) is 32.1 Å². The average Bonchev–Trinajstić information content (AvgIpc) is 3.40. The third-order valence-corrected chi connectivity index (χ3v) is 5.64. The number of likely N-dealkylation sites (N-methyl/N-ethyl adjacent to an activating group) is 1. The molecule has 1 aliphatic carbocycles. The Morgan fingerprint density at radius 1 is 1.15 bits per heavy atom. The van der Waals surface area contributed by atoms with Gasteiger partial charge in [0.05, 0.1) is 12.0 Å². The summed E-state index contributed by atoms with van der Waals surface area (Å²) >= 11 is 3.47. The van der Waals surface area contributed by atoms with Gasteiger partial charge in [-0.15, -0.1) is 0 Å². The third-order valence-electron chi connectivity index (χ3n) is 5.14. The standard InChI is InChI=1S/C21H23BrN2O2/c1-14-6-4-9-18(15(14)2)23-19(25)13-24(3)20(26)21(10-11-21)16-7-5-8-17(22)12-16/h4-9,12H,10-11,13H2,1-3H3,(H,23,25). The quantitative estimate of drug-likeness (QED) is 0.796. The number of nitrogens with zero attached hydrogens (tertiary/aromatic N) is 1. The number of hydrogen-bond donors (Lipinski definition) is 1. The van der Waals surface area contributed by atoms with E-state index >= 15 is 0 Å². The smallest absolute Gasteiger partial charge is 0.243 e. The monoisotopic (exact) mass is 414 g/mol. The zero-order valence-corrected chi connectivity index (χ0v) is 16.9. The molecule has 1 saturated carbocycles. The Balaban J connectivity index is 1.68. The fourth-order valence-corrected chi connectivity index (χ4v) is 3.67. The Kier molecular flexibility index (Phi) is 5.19. The summed E-state index contributed by atoms with van der Waals surface area (Å²) in [5.41, 5.74) is 3.50. The van der Waals surface area contributed by atoms with E-state index in [9.17, 15) is 9.59 Å². The van der Waals surface area contributed by atoms with Crippen LogP contribution in [0, 0.1) is 13.8 Å². The SMILES string of the molecule is Cc1cccc(NC(=O)CN(C)C(=O)C2(c3cccc(Br)c3)CC2)c1C. The van der Waals surface area contributed by atoms with Crippen LogP contribution < -0.4 is 5.32 Å². The van der Waals surface area contributed by atoms with Gasteiger partial charge in [0.1, 0.15) is 0 Å². The highest BCUT2D eigenvalue weighted by atomic mass is 79.9. The fourth-order valence-electron chi connectivity index (χ4n) is 3.27. The minimum absolute atomic E-state index is 0.00622. The van der Waals surface area contributed by atoms with Crippen LogP contribution in [0.3, 0.4) is 0 Å². The number of amides is 2. The predicted octanol–water partition coefficient (Wildman–Crippen LogP) is 4.19. The Morgan fingerprint density at radius 2 is 1.85 bits per heavy atom. The van der Waals surface area contributed by atoms with Gasteiger partial charge in [-0.3, -0.25) is 9.59 Å². The summed E-state index contributed by atoms with van der Waals surface area (Å²) in [6.07, 6.45) is 1.65. The molecule has 4 nitrogen and oxygen atoms in total. The molecule has 0 aromatic heterocycles. The number of carbonyl (C=O) groups excluding carboxylic acids is 2. The molecular weight excluding hydrogens is 392 g/mol. The molecule has 5 heteroatoms. The van der Waals surface area contributed by atoms with Crippen LogP contribution in [0.5, 0.6) is 0 Å². The molecule has 0 heterocycles. The molecule has 1 fully saturated rings. The van der Waals surface area contributed by atoms with Crippen LogP contribution >= 0.6 is 15.9 Å². The van der Waals surface area contributed by atoms with Gasteiger partial charge in [-0.25, -0.2) is 0 Å². The van der Waals surface area contributed by atoms with Gasteiger partial charge in [0.2, 0.25) is 11.8 Å². The van der Waals surface area contributed by atoms with Crippen molar-refractivity contribution >= 4 is 33.4 Å². The normalized spacial score (nSPS) is 14.6. The van der Waals surface area contributed by atoms with E-state index in [4.69, 9.17) is 0 Å². The summed E-state index contributed by atoms with van der Waals surface area (Å²) in [7, 11) is 1.70. The first kappa shape index (κ1) is 18.6. The lowest BCUT2D eigenvalue weighted by atomic mass is 9.94. The molecule has 1 N–H and O–H groups in total. The van der Waals surface area contributed by atoms with E-state index in [1.54, 1.807) is 7.05 Å². The lowest BCUT2D eigenvalue weighted by Crippen LogP contribution is -2.41. The van der Waals surface area contributed by atoms with Crippen molar-refractivity contribution < 1.29 is 9.59 Å². The molecule has 0 unspecified atom stereocenters. The van der Waals surface area contributed by atoms with Crippen molar-refractivity contribution in [1.82, 2.24) is 4.90 Å². The molecule has 2 aromatic rings. The molecule has 1 aliphatic rings. The van der Waals surface area contributed by atoms with Gasteiger partial charge in [0.15, 0.2) is 0 Å². The lowest BCUT2D eigenvalue weighted by Gasteiger charge is -2.24. The number of nitrogens with one attached hydrogen (secondary N) is 1. The minimum atomic E-state index is -0.474. The van der Waals surface area contributed by atoms with Crippen LogP contribution in [0.4, 0.5) is 5.69 Å². The molecule has 0 saturated heterocycles. The second-order valence-electron chi connectivity index (χ2n) is 7.05. The highest BCUT2D eigenvalue weighted by Gasteiger charge is 2.52. The Morgan fingerprint density at radius 3 is 2.50 bits per heavy atom. The fraction of sp³-hybridized carbons (Fsp3) is 0.333. The predicted molar refractivity (Wildman–Crippen MR) is 107 cm³/mol. The lowest BCUT2D eigenvalue weighted by molar-refractivity contribution is -0.135. The third kappa shape index (κ3) is 3.68. The molecule has 2 aromatic carbocycles. The number of hydrogen-bond acceptors (Lipinski definition) is 2. The van der Waals surface area contributed by atoms with Crippen molar-refractivity contribution in [3.8, 4) is 0 Å². The van der Waals surface area contributed by atoms with Gasteiger partial charge >= 0.3 is 0 Å². The molecule has 3 rings (SSSR count). The topological polar surface area (TPSA) is 49.4 Å². The Hall–Kier alpha value is -2.14. The number of aryl methyl sites for hydroxylation is 1. The van der Waals surface area contributed by atoms with E-state index in [1.807, 2.05) is 56.3 Å². The molecular formula is C21H23BrN2O2. The van der Waals surface area contributed by atoms with Gasteiger partial charge in [-0.05, 0) is 61.6 Å². The summed E-state index contributed by atoms with van der Waals surface area (Å²) in [6, 6.07) is 13.7. The van der Waals surface area contributed by atoms with E-state index in [0.717, 1.165) is 39.7 Å². The van der Waals surface area contributed by atoms with Gasteiger partial charge in [-0.1, -0.05) is 40.2 Å². The van der Waals surface area contributed by atoms with Gasteiger partial charge in [0.25, 0.3) is 0 Å². The first-order valence-electron chi connectivity index (χ1n) is 8.71. The maximum absolute atomic E-state index is 13.0. The van der Waals surface area contributed by atoms with Crippen LogP contribution in [0.15, 0.2) is 46.9 Å². The highest BCUT2D eigenvalue weighted by molar-refractivity contribution is 9.10. The summed E-state index contributed by atoms with van der Waals surface area (Å²) in [6.45, 7) is 4.03. The average molecular weight is 415 g/mol. The van der Waals surface area contributed by atoms with E-state index in [-0.39, 0.29) is 18.4 Å². The molecule has 0 atom stereocenters. The van der Waals surface area contributed by atoms with Crippen molar-refractivity contribution in [1.29, 1.82) is 0 Å².